The van der Waals surface area contributed by atoms with Crippen molar-refractivity contribution < 1.29 is 13.9 Å². The molecule has 0 heterocycles. The summed E-state index contributed by atoms with van der Waals surface area (Å²) in [6, 6.07) is 0. The van der Waals surface area contributed by atoms with Crippen LogP contribution in [0, 0.1) is 0 Å². The number of halogens is 1. The van der Waals surface area contributed by atoms with Crippen LogP contribution < -0.4 is 5.32 Å². The molecule has 0 rings (SSSR count). The zero-order valence-electron chi connectivity index (χ0n) is 7.11. The molecule has 0 aliphatic rings. The predicted octanol–water partition coefficient (Wildman–Crippen LogP) is 0.497. The van der Waals surface area contributed by atoms with E-state index >= 15 is 0 Å². The topological polar surface area (TPSA) is 38.3 Å². The zero-order chi connectivity index (χ0) is 8.91. The van der Waals surface area contributed by atoms with E-state index in [0.29, 0.717) is 0 Å². The van der Waals surface area contributed by atoms with Crippen molar-refractivity contribution in [3.8, 4) is 0 Å². The fourth-order valence-corrected chi connectivity index (χ4v) is 0.466. The lowest BCUT2D eigenvalue weighted by Crippen LogP contribution is -2.44. The molecule has 0 aromatic carbocycles. The first-order valence-corrected chi connectivity index (χ1v) is 3.44. The molecule has 0 aromatic rings. The van der Waals surface area contributed by atoms with Gasteiger partial charge in [0.25, 0.3) is 5.91 Å². The Morgan fingerprint density at radius 3 is 2.55 bits per heavy atom. The zero-order valence-corrected chi connectivity index (χ0v) is 7.11. The number of amides is 1. The molecule has 1 N–H and O–H groups in total. The molecule has 0 saturated carbocycles. The number of methoxy groups -OCH3 is 1. The molecule has 0 spiro atoms. The summed E-state index contributed by atoms with van der Waals surface area (Å²) >= 11 is 0. The third kappa shape index (κ3) is 3.32. The smallest absolute Gasteiger partial charge is 0.251 e. The summed E-state index contributed by atoms with van der Waals surface area (Å²) in [5, 5.41) is 2.38. The van der Waals surface area contributed by atoms with Crippen molar-refractivity contribution in [3.63, 3.8) is 0 Å². The van der Waals surface area contributed by atoms with Gasteiger partial charge in [-0.15, -0.1) is 0 Å². The number of carbonyl (C=O) groups excluding carboxylic acids is 1. The largest absolute Gasteiger partial charge is 0.369 e. The predicted molar refractivity (Wildman–Crippen MR) is 40.1 cm³/mol. The second kappa shape index (κ2) is 4.28. The van der Waals surface area contributed by atoms with E-state index in [1.807, 2.05) is 0 Å². The fraction of sp³-hybridized carbons (Fsp3) is 0.857. The Balaban J connectivity index is 3.82. The number of alkyl halides is 1. The van der Waals surface area contributed by atoms with Gasteiger partial charge in [-0.1, -0.05) is 0 Å². The van der Waals surface area contributed by atoms with Crippen LogP contribution in [0.5, 0.6) is 0 Å². The highest BCUT2D eigenvalue weighted by atomic mass is 19.1. The Bertz CT molecular complexity index is 136. The van der Waals surface area contributed by atoms with Gasteiger partial charge in [-0.3, -0.25) is 4.79 Å². The molecule has 0 aliphatic heterocycles. The van der Waals surface area contributed by atoms with Gasteiger partial charge in [0.2, 0.25) is 0 Å². The van der Waals surface area contributed by atoms with E-state index in [-0.39, 0.29) is 12.5 Å². The highest BCUT2D eigenvalue weighted by molar-refractivity contribution is 5.84. The van der Waals surface area contributed by atoms with Crippen molar-refractivity contribution in [3.05, 3.63) is 0 Å². The van der Waals surface area contributed by atoms with Crippen molar-refractivity contribution in [2.45, 2.75) is 19.4 Å². The molecule has 0 fully saturated rings. The average molecular weight is 163 g/mol. The van der Waals surface area contributed by atoms with Crippen LogP contribution in [0.25, 0.3) is 0 Å². The summed E-state index contributed by atoms with van der Waals surface area (Å²) in [5.74, 6) is -0.294. The molecule has 66 valence electrons. The molecular formula is C7H14FNO2. The SMILES string of the molecule is COC(C)(C)C(=O)NCCF. The third-order valence-electron chi connectivity index (χ3n) is 1.44. The minimum Gasteiger partial charge on any atom is -0.369 e. The van der Waals surface area contributed by atoms with Gasteiger partial charge >= 0.3 is 0 Å². The molecule has 3 nitrogen and oxygen atoms in total. The van der Waals surface area contributed by atoms with Crippen molar-refractivity contribution in [1.29, 1.82) is 0 Å². The van der Waals surface area contributed by atoms with Gasteiger partial charge in [-0.25, -0.2) is 4.39 Å². The molecular weight excluding hydrogens is 149 g/mol. The van der Waals surface area contributed by atoms with Gasteiger partial charge in [0.05, 0.1) is 0 Å². The van der Waals surface area contributed by atoms with Crippen LogP contribution in [-0.2, 0) is 9.53 Å². The average Bonchev–Trinajstić information content (AvgIpc) is 2.00. The second-order valence-electron chi connectivity index (χ2n) is 2.66. The molecule has 0 aromatic heterocycles. The number of hydrogen-bond acceptors (Lipinski definition) is 2. The Labute approximate surface area is 65.9 Å². The van der Waals surface area contributed by atoms with E-state index < -0.39 is 12.3 Å². The molecule has 0 aliphatic carbocycles. The second-order valence-corrected chi connectivity index (χ2v) is 2.66. The van der Waals surface area contributed by atoms with Crippen LogP contribution in [0.15, 0.2) is 0 Å². The van der Waals surface area contributed by atoms with Crippen molar-refractivity contribution in [2.75, 3.05) is 20.3 Å². The van der Waals surface area contributed by atoms with Crippen LogP contribution in [0.4, 0.5) is 4.39 Å². The van der Waals surface area contributed by atoms with Gasteiger partial charge < -0.3 is 10.1 Å². The van der Waals surface area contributed by atoms with Gasteiger partial charge in [-0.05, 0) is 13.8 Å². The highest BCUT2D eigenvalue weighted by Crippen LogP contribution is 2.06. The Kier molecular flexibility index (Phi) is 4.03. The molecule has 4 heteroatoms. The lowest BCUT2D eigenvalue weighted by Gasteiger charge is -2.20. The van der Waals surface area contributed by atoms with Crippen molar-refractivity contribution in [2.24, 2.45) is 0 Å². The molecule has 1 amide bonds. The molecule has 0 bridgehead atoms. The number of nitrogens with one attached hydrogen (secondary N) is 1. The van der Waals surface area contributed by atoms with E-state index in [0.717, 1.165) is 0 Å². The summed E-state index contributed by atoms with van der Waals surface area (Å²) in [5.41, 5.74) is -0.866. The van der Waals surface area contributed by atoms with Crippen molar-refractivity contribution >= 4 is 5.91 Å². The van der Waals surface area contributed by atoms with Crippen molar-refractivity contribution in [1.82, 2.24) is 5.32 Å². The maximum Gasteiger partial charge on any atom is 0.251 e. The summed E-state index contributed by atoms with van der Waals surface area (Å²) < 4.78 is 16.5. The van der Waals surface area contributed by atoms with E-state index in [9.17, 15) is 9.18 Å². The lowest BCUT2D eigenvalue weighted by molar-refractivity contribution is -0.139. The van der Waals surface area contributed by atoms with Crippen LogP contribution in [-0.4, -0.2) is 31.8 Å². The van der Waals surface area contributed by atoms with Gasteiger partial charge in [0, 0.05) is 13.7 Å². The van der Waals surface area contributed by atoms with E-state index in [2.05, 4.69) is 5.32 Å². The number of ether oxygens (including phenoxy) is 1. The minimum atomic E-state index is -0.866. The monoisotopic (exact) mass is 163 g/mol. The first kappa shape index (κ1) is 10.4. The van der Waals surface area contributed by atoms with Crippen LogP contribution in [0.3, 0.4) is 0 Å². The highest BCUT2D eigenvalue weighted by Gasteiger charge is 2.25. The molecule has 0 unspecified atom stereocenters. The molecule has 0 saturated heterocycles. The normalized spacial score (nSPS) is 11.3. The van der Waals surface area contributed by atoms with E-state index in [1.165, 1.54) is 7.11 Å². The maximum atomic E-state index is 11.6. The minimum absolute atomic E-state index is 0.0472. The molecule has 0 atom stereocenters. The van der Waals surface area contributed by atoms with Gasteiger partial charge in [0.1, 0.15) is 12.3 Å². The van der Waals surface area contributed by atoms with Gasteiger partial charge in [-0.2, -0.15) is 0 Å². The fourth-order valence-electron chi connectivity index (χ4n) is 0.466. The van der Waals surface area contributed by atoms with Gasteiger partial charge in [0.15, 0.2) is 0 Å². The maximum absolute atomic E-state index is 11.6. The van der Waals surface area contributed by atoms with Crippen LogP contribution in [0.2, 0.25) is 0 Å². The summed E-state index contributed by atoms with van der Waals surface area (Å²) in [4.78, 5) is 11.1. The first-order valence-electron chi connectivity index (χ1n) is 3.44. The standard InChI is InChI=1S/C7H14FNO2/c1-7(2,11-3)6(10)9-5-4-8/h4-5H2,1-3H3,(H,9,10). The summed E-state index contributed by atoms with van der Waals surface area (Å²) in [6.07, 6.45) is 0. The lowest BCUT2D eigenvalue weighted by atomic mass is 10.1. The summed E-state index contributed by atoms with van der Waals surface area (Å²) in [6.45, 7) is 2.75. The number of rotatable bonds is 4. The quantitative estimate of drug-likeness (QED) is 0.655. The van der Waals surface area contributed by atoms with E-state index in [1.54, 1.807) is 13.8 Å². The number of hydrogen-bond donors (Lipinski definition) is 1. The Hall–Kier alpha value is -0.640. The van der Waals surface area contributed by atoms with Crippen LogP contribution >= 0.6 is 0 Å². The first-order chi connectivity index (χ1) is 5.04. The van der Waals surface area contributed by atoms with Crippen LogP contribution in [0.1, 0.15) is 13.8 Å². The summed E-state index contributed by atoms with van der Waals surface area (Å²) in [7, 11) is 1.44. The third-order valence-corrected chi connectivity index (χ3v) is 1.44. The molecule has 0 radical (unpaired) electrons. The molecule has 11 heavy (non-hydrogen) atoms. The Morgan fingerprint density at radius 2 is 2.18 bits per heavy atom. The Morgan fingerprint density at radius 1 is 1.64 bits per heavy atom. The number of carbonyl (C=O) groups is 1. The van der Waals surface area contributed by atoms with E-state index in [4.69, 9.17) is 4.74 Å².